The van der Waals surface area contributed by atoms with E-state index in [0.717, 1.165) is 15.7 Å². The number of ketones is 1. The molecule has 0 radical (unpaired) electrons. The van der Waals surface area contributed by atoms with Crippen molar-refractivity contribution in [2.75, 3.05) is 11.6 Å². The maximum atomic E-state index is 12.5. The SMILES string of the molecule is CCOC(=O)C1=NN(c2ccc(Br)cc2)C(C(C)=O)C1c1ccccc1. The molecular weight excluding hydrogens is 396 g/mol. The van der Waals surface area contributed by atoms with E-state index in [1.807, 2.05) is 54.6 Å². The predicted molar refractivity (Wildman–Crippen MR) is 104 cm³/mol. The first-order valence-corrected chi connectivity index (χ1v) is 9.18. The molecule has 6 heteroatoms. The molecule has 1 aliphatic heterocycles. The normalized spacial score (nSPS) is 19.2. The van der Waals surface area contributed by atoms with Crippen molar-refractivity contribution in [2.24, 2.45) is 5.10 Å². The van der Waals surface area contributed by atoms with Gasteiger partial charge in [-0.3, -0.25) is 9.80 Å². The van der Waals surface area contributed by atoms with Gasteiger partial charge in [0.05, 0.1) is 18.2 Å². The molecule has 0 bridgehead atoms. The fourth-order valence-corrected chi connectivity index (χ4v) is 3.39. The molecule has 2 aromatic carbocycles. The van der Waals surface area contributed by atoms with E-state index in [9.17, 15) is 9.59 Å². The number of hydrogen-bond acceptors (Lipinski definition) is 5. The van der Waals surface area contributed by atoms with Crippen LogP contribution in [0, 0.1) is 0 Å². The van der Waals surface area contributed by atoms with Gasteiger partial charge in [0.15, 0.2) is 11.5 Å². The van der Waals surface area contributed by atoms with E-state index in [-0.39, 0.29) is 18.1 Å². The summed E-state index contributed by atoms with van der Waals surface area (Å²) in [5.41, 5.74) is 1.86. The molecule has 2 atom stereocenters. The second-order valence-electron chi connectivity index (χ2n) is 5.97. The quantitative estimate of drug-likeness (QED) is 0.695. The number of carbonyl (C=O) groups excluding carboxylic acids is 2. The monoisotopic (exact) mass is 414 g/mol. The second kappa shape index (κ2) is 7.83. The van der Waals surface area contributed by atoms with Crippen molar-refractivity contribution < 1.29 is 14.3 Å². The maximum Gasteiger partial charge on any atom is 0.355 e. The summed E-state index contributed by atoms with van der Waals surface area (Å²) in [5.74, 6) is -1.03. The van der Waals surface area contributed by atoms with E-state index in [1.165, 1.54) is 6.92 Å². The fourth-order valence-electron chi connectivity index (χ4n) is 3.12. The van der Waals surface area contributed by atoms with Gasteiger partial charge >= 0.3 is 5.97 Å². The van der Waals surface area contributed by atoms with Crippen LogP contribution in [0.1, 0.15) is 25.3 Å². The lowest BCUT2D eigenvalue weighted by Gasteiger charge is -2.26. The van der Waals surface area contributed by atoms with Crippen molar-refractivity contribution in [2.45, 2.75) is 25.8 Å². The number of hydrogen-bond donors (Lipinski definition) is 0. The summed E-state index contributed by atoms with van der Waals surface area (Å²) >= 11 is 3.41. The van der Waals surface area contributed by atoms with Crippen molar-refractivity contribution in [3.63, 3.8) is 0 Å². The Balaban J connectivity index is 2.10. The lowest BCUT2D eigenvalue weighted by atomic mass is 9.86. The minimum atomic E-state index is -0.599. The first-order valence-electron chi connectivity index (χ1n) is 8.38. The molecule has 0 saturated carbocycles. The molecule has 0 saturated heterocycles. The molecule has 0 aromatic heterocycles. The van der Waals surface area contributed by atoms with Crippen LogP contribution < -0.4 is 5.01 Å². The van der Waals surface area contributed by atoms with Gasteiger partial charge in [-0.05, 0) is 43.7 Å². The maximum absolute atomic E-state index is 12.5. The summed E-state index contributed by atoms with van der Waals surface area (Å²) in [6.45, 7) is 3.53. The molecule has 2 aromatic rings. The van der Waals surface area contributed by atoms with Crippen molar-refractivity contribution in [3.8, 4) is 0 Å². The highest BCUT2D eigenvalue weighted by Crippen LogP contribution is 2.36. The Hall–Kier alpha value is -2.47. The van der Waals surface area contributed by atoms with Crippen LogP contribution >= 0.6 is 15.9 Å². The van der Waals surface area contributed by atoms with Gasteiger partial charge in [-0.25, -0.2) is 4.79 Å². The molecule has 0 N–H and O–H groups in total. The first kappa shape index (κ1) is 18.3. The highest BCUT2D eigenvalue weighted by Gasteiger charge is 2.45. The Labute approximate surface area is 160 Å². The molecule has 5 nitrogen and oxygen atoms in total. The molecule has 1 aliphatic rings. The number of rotatable bonds is 5. The summed E-state index contributed by atoms with van der Waals surface area (Å²) in [6.07, 6.45) is 0. The van der Waals surface area contributed by atoms with Gasteiger partial charge in [0.2, 0.25) is 0 Å². The molecule has 0 aliphatic carbocycles. The molecule has 2 unspecified atom stereocenters. The van der Waals surface area contributed by atoms with Gasteiger partial charge in [-0.1, -0.05) is 46.3 Å². The molecule has 134 valence electrons. The van der Waals surface area contributed by atoms with Crippen LogP contribution in [-0.2, 0) is 14.3 Å². The van der Waals surface area contributed by atoms with Gasteiger partial charge < -0.3 is 4.74 Å². The highest BCUT2D eigenvalue weighted by molar-refractivity contribution is 9.10. The second-order valence-corrected chi connectivity index (χ2v) is 6.89. The van der Waals surface area contributed by atoms with E-state index in [2.05, 4.69) is 21.0 Å². The minimum Gasteiger partial charge on any atom is -0.461 e. The summed E-state index contributed by atoms with van der Waals surface area (Å²) in [6, 6.07) is 16.4. The molecule has 0 fully saturated rings. The van der Waals surface area contributed by atoms with Crippen LogP contribution in [0.3, 0.4) is 0 Å². The van der Waals surface area contributed by atoms with Gasteiger partial charge in [0.1, 0.15) is 6.04 Å². The zero-order valence-electron chi connectivity index (χ0n) is 14.6. The van der Waals surface area contributed by atoms with E-state index in [4.69, 9.17) is 4.74 Å². The van der Waals surface area contributed by atoms with Crippen LogP contribution in [0.2, 0.25) is 0 Å². The van der Waals surface area contributed by atoms with Crippen molar-refractivity contribution in [1.82, 2.24) is 0 Å². The fraction of sp³-hybridized carbons (Fsp3) is 0.250. The molecule has 1 heterocycles. The van der Waals surface area contributed by atoms with E-state index < -0.39 is 17.9 Å². The average Bonchev–Trinajstić information content (AvgIpc) is 3.04. The van der Waals surface area contributed by atoms with Crippen LogP contribution in [0.5, 0.6) is 0 Å². The number of halogens is 1. The van der Waals surface area contributed by atoms with E-state index in [1.54, 1.807) is 11.9 Å². The topological polar surface area (TPSA) is 59.0 Å². The number of nitrogens with zero attached hydrogens (tertiary/aromatic N) is 2. The van der Waals surface area contributed by atoms with Gasteiger partial charge in [0, 0.05) is 4.47 Å². The van der Waals surface area contributed by atoms with Gasteiger partial charge in [-0.2, -0.15) is 5.10 Å². The number of carbonyl (C=O) groups is 2. The van der Waals surface area contributed by atoms with Crippen LogP contribution in [0.25, 0.3) is 0 Å². The third-order valence-corrected chi connectivity index (χ3v) is 4.77. The molecule has 0 spiro atoms. The van der Waals surface area contributed by atoms with Crippen molar-refractivity contribution >= 4 is 39.1 Å². The first-order chi connectivity index (χ1) is 12.5. The Bertz CT molecular complexity index is 834. The lowest BCUT2D eigenvalue weighted by molar-refractivity contribution is -0.135. The van der Waals surface area contributed by atoms with Crippen LogP contribution in [0.4, 0.5) is 5.69 Å². The summed E-state index contributed by atoms with van der Waals surface area (Å²) < 4.78 is 6.12. The zero-order valence-corrected chi connectivity index (χ0v) is 16.1. The summed E-state index contributed by atoms with van der Waals surface area (Å²) in [5, 5.41) is 6.13. The smallest absolute Gasteiger partial charge is 0.355 e. The number of ether oxygens (including phenoxy) is 1. The van der Waals surface area contributed by atoms with Crippen molar-refractivity contribution in [1.29, 1.82) is 0 Å². The number of Topliss-reactive ketones (excluding diaryl/α,β-unsaturated/α-hetero) is 1. The average molecular weight is 415 g/mol. The van der Waals surface area contributed by atoms with Crippen LogP contribution in [0.15, 0.2) is 64.2 Å². The standard InChI is InChI=1S/C20H19BrN2O3/c1-3-26-20(25)18-17(14-7-5-4-6-8-14)19(13(2)24)23(22-18)16-11-9-15(21)10-12-16/h4-12,17,19H,3H2,1-2H3. The number of esters is 1. The Morgan fingerprint density at radius 2 is 1.77 bits per heavy atom. The van der Waals surface area contributed by atoms with Crippen LogP contribution in [-0.4, -0.2) is 30.1 Å². The molecule has 3 rings (SSSR count). The van der Waals surface area contributed by atoms with Gasteiger partial charge in [0.25, 0.3) is 0 Å². The number of benzene rings is 2. The summed E-state index contributed by atoms with van der Waals surface area (Å²) in [7, 11) is 0. The van der Waals surface area contributed by atoms with Crippen molar-refractivity contribution in [3.05, 3.63) is 64.6 Å². The number of anilines is 1. The summed E-state index contributed by atoms with van der Waals surface area (Å²) in [4.78, 5) is 25.1. The molecule has 0 amide bonds. The molecule has 26 heavy (non-hydrogen) atoms. The minimum absolute atomic E-state index is 0.0650. The molecular formula is C20H19BrN2O3. The zero-order chi connectivity index (χ0) is 18.7. The number of hydrazone groups is 1. The third kappa shape index (κ3) is 3.55. The lowest BCUT2D eigenvalue weighted by Crippen LogP contribution is -2.39. The third-order valence-electron chi connectivity index (χ3n) is 4.24. The Kier molecular flexibility index (Phi) is 5.52. The predicted octanol–water partition coefficient (Wildman–Crippen LogP) is 3.93. The van der Waals surface area contributed by atoms with Gasteiger partial charge in [-0.15, -0.1) is 0 Å². The van der Waals surface area contributed by atoms with E-state index >= 15 is 0 Å². The Morgan fingerprint density at radius 1 is 1.12 bits per heavy atom. The Morgan fingerprint density at radius 3 is 2.35 bits per heavy atom. The largest absolute Gasteiger partial charge is 0.461 e. The highest BCUT2D eigenvalue weighted by atomic mass is 79.9. The van der Waals surface area contributed by atoms with E-state index in [0.29, 0.717) is 0 Å².